The number of nitrogen functional groups attached to an aromatic ring is 1. The van der Waals surface area contributed by atoms with Crippen molar-refractivity contribution < 1.29 is 4.79 Å². The third kappa shape index (κ3) is 5.46. The summed E-state index contributed by atoms with van der Waals surface area (Å²) in [6.07, 6.45) is 0. The Kier molecular flexibility index (Phi) is 5.85. The minimum atomic E-state index is 0.0624. The van der Waals surface area contributed by atoms with Gasteiger partial charge >= 0.3 is 0 Å². The minimum absolute atomic E-state index is 0.0624. The Morgan fingerprint density at radius 2 is 2.24 bits per heavy atom. The maximum Gasteiger partial charge on any atom is 0.230 e. The van der Waals surface area contributed by atoms with Crippen LogP contribution in [-0.2, 0) is 4.79 Å². The molecule has 0 bridgehead atoms. The highest BCUT2D eigenvalue weighted by atomic mass is 79.9. The van der Waals surface area contributed by atoms with Crippen molar-refractivity contribution in [2.45, 2.75) is 18.7 Å². The zero-order valence-corrected chi connectivity index (χ0v) is 12.4. The third-order valence-electron chi connectivity index (χ3n) is 2.02. The highest BCUT2D eigenvalue weighted by molar-refractivity contribution is 9.10. The molecule has 0 radical (unpaired) electrons. The number of carbonyl (C=O) groups is 1. The van der Waals surface area contributed by atoms with Crippen molar-refractivity contribution in [2.24, 2.45) is 5.92 Å². The molecule has 3 N–H and O–H groups in total. The number of benzene rings is 1. The molecule has 0 aliphatic rings. The first-order valence-corrected chi connectivity index (χ1v) is 7.21. The van der Waals surface area contributed by atoms with Crippen molar-refractivity contribution >= 4 is 39.3 Å². The maximum absolute atomic E-state index is 11.5. The number of rotatable bonds is 5. The Hall–Kier alpha value is -0.680. The van der Waals surface area contributed by atoms with Crippen LogP contribution < -0.4 is 11.1 Å². The molecule has 0 spiro atoms. The molecule has 0 aliphatic carbocycles. The number of carbonyl (C=O) groups excluding carboxylic acids is 1. The Morgan fingerprint density at radius 1 is 1.53 bits per heavy atom. The summed E-state index contributed by atoms with van der Waals surface area (Å²) in [4.78, 5) is 12.6. The molecule has 1 aromatic rings. The van der Waals surface area contributed by atoms with E-state index in [0.29, 0.717) is 17.4 Å². The lowest BCUT2D eigenvalue weighted by Crippen LogP contribution is -2.28. The van der Waals surface area contributed by atoms with Crippen LogP contribution in [0.1, 0.15) is 13.8 Å². The van der Waals surface area contributed by atoms with Crippen LogP contribution in [0.3, 0.4) is 0 Å². The van der Waals surface area contributed by atoms with E-state index in [0.717, 1.165) is 15.9 Å². The number of hydrogen-bond donors (Lipinski definition) is 2. The normalized spacial score (nSPS) is 10.6. The topological polar surface area (TPSA) is 55.1 Å². The Labute approximate surface area is 115 Å². The Bertz CT molecular complexity index is 396. The predicted molar refractivity (Wildman–Crippen MR) is 77.1 cm³/mol. The average Bonchev–Trinajstić information content (AvgIpc) is 2.25. The van der Waals surface area contributed by atoms with E-state index in [1.165, 1.54) is 11.8 Å². The fourth-order valence-corrected chi connectivity index (χ4v) is 2.64. The van der Waals surface area contributed by atoms with Crippen LogP contribution in [0.5, 0.6) is 0 Å². The number of anilines is 1. The monoisotopic (exact) mass is 316 g/mol. The molecule has 0 fully saturated rings. The van der Waals surface area contributed by atoms with E-state index in [1.807, 2.05) is 18.2 Å². The molecule has 17 heavy (non-hydrogen) atoms. The number of thioether (sulfide) groups is 1. The molecule has 0 unspecified atom stereocenters. The summed E-state index contributed by atoms with van der Waals surface area (Å²) in [7, 11) is 0. The third-order valence-corrected chi connectivity index (χ3v) is 4.01. The lowest BCUT2D eigenvalue weighted by atomic mass is 10.2. The molecule has 0 heterocycles. The van der Waals surface area contributed by atoms with Gasteiger partial charge in [-0.25, -0.2) is 0 Å². The highest BCUT2D eigenvalue weighted by Gasteiger charge is 2.06. The average molecular weight is 317 g/mol. The summed E-state index contributed by atoms with van der Waals surface area (Å²) in [6, 6.07) is 5.59. The van der Waals surface area contributed by atoms with Gasteiger partial charge in [0, 0.05) is 21.6 Å². The number of nitrogens with two attached hydrogens (primary N) is 1. The molecule has 5 heteroatoms. The molecule has 0 aliphatic heterocycles. The van der Waals surface area contributed by atoms with Crippen LogP contribution in [-0.4, -0.2) is 18.2 Å². The fourth-order valence-electron chi connectivity index (χ4n) is 1.15. The first-order valence-electron chi connectivity index (χ1n) is 5.43. The summed E-state index contributed by atoms with van der Waals surface area (Å²) in [5.41, 5.74) is 6.36. The molecule has 0 saturated heterocycles. The Balaban J connectivity index is 2.42. The van der Waals surface area contributed by atoms with E-state index in [2.05, 4.69) is 35.1 Å². The number of hydrogen-bond acceptors (Lipinski definition) is 3. The van der Waals surface area contributed by atoms with E-state index in [4.69, 9.17) is 5.73 Å². The zero-order chi connectivity index (χ0) is 12.8. The quantitative estimate of drug-likeness (QED) is 0.648. The van der Waals surface area contributed by atoms with E-state index >= 15 is 0 Å². The molecule has 1 aromatic carbocycles. The number of halogens is 1. The lowest BCUT2D eigenvalue weighted by Gasteiger charge is -2.08. The van der Waals surface area contributed by atoms with E-state index < -0.39 is 0 Å². The van der Waals surface area contributed by atoms with Crippen molar-refractivity contribution in [1.29, 1.82) is 0 Å². The van der Waals surface area contributed by atoms with Crippen LogP contribution in [0.4, 0.5) is 5.69 Å². The van der Waals surface area contributed by atoms with Crippen LogP contribution in [0.2, 0.25) is 0 Å². The van der Waals surface area contributed by atoms with Gasteiger partial charge in [-0.05, 0) is 40.0 Å². The van der Waals surface area contributed by atoms with E-state index in [1.54, 1.807) is 0 Å². The molecule has 0 saturated carbocycles. The summed E-state index contributed by atoms with van der Waals surface area (Å²) in [5, 5.41) is 2.88. The molecular weight excluding hydrogens is 300 g/mol. The van der Waals surface area contributed by atoms with Crippen LogP contribution >= 0.6 is 27.7 Å². The smallest absolute Gasteiger partial charge is 0.230 e. The van der Waals surface area contributed by atoms with Crippen molar-refractivity contribution in [1.82, 2.24) is 5.32 Å². The predicted octanol–water partition coefficient (Wildman–Crippen LogP) is 2.90. The summed E-state index contributed by atoms with van der Waals surface area (Å²) < 4.78 is 0.930. The van der Waals surface area contributed by atoms with Gasteiger partial charge in [0.2, 0.25) is 5.91 Å². The van der Waals surface area contributed by atoms with Gasteiger partial charge in [-0.1, -0.05) is 13.8 Å². The van der Waals surface area contributed by atoms with Gasteiger partial charge in [0.25, 0.3) is 0 Å². The molecule has 94 valence electrons. The van der Waals surface area contributed by atoms with Gasteiger partial charge in [0.05, 0.1) is 5.75 Å². The second-order valence-electron chi connectivity index (χ2n) is 4.18. The summed E-state index contributed by atoms with van der Waals surface area (Å²) in [5.74, 6) is 0.967. The second kappa shape index (κ2) is 6.91. The standard InChI is InChI=1S/C12H17BrN2OS/c1-8(2)6-15-12(16)7-17-11-4-3-9(14)5-10(11)13/h3-5,8H,6-7,14H2,1-2H3,(H,15,16). The van der Waals surface area contributed by atoms with Crippen LogP contribution in [0, 0.1) is 5.92 Å². The van der Waals surface area contributed by atoms with Gasteiger partial charge in [-0.3, -0.25) is 4.79 Å². The summed E-state index contributed by atoms with van der Waals surface area (Å²) >= 11 is 4.93. The summed E-state index contributed by atoms with van der Waals surface area (Å²) in [6.45, 7) is 4.87. The highest BCUT2D eigenvalue weighted by Crippen LogP contribution is 2.28. The SMILES string of the molecule is CC(C)CNC(=O)CSc1ccc(N)cc1Br. The maximum atomic E-state index is 11.5. The van der Waals surface area contributed by atoms with Gasteiger partial charge in [-0.2, -0.15) is 0 Å². The molecule has 3 nitrogen and oxygen atoms in total. The van der Waals surface area contributed by atoms with Gasteiger partial charge in [0.1, 0.15) is 0 Å². The molecule has 0 atom stereocenters. The zero-order valence-electron chi connectivity index (χ0n) is 10.00. The van der Waals surface area contributed by atoms with Gasteiger partial charge < -0.3 is 11.1 Å². The van der Waals surface area contributed by atoms with Crippen LogP contribution in [0.15, 0.2) is 27.6 Å². The van der Waals surface area contributed by atoms with Gasteiger partial charge in [0.15, 0.2) is 0 Å². The van der Waals surface area contributed by atoms with Gasteiger partial charge in [-0.15, -0.1) is 11.8 Å². The van der Waals surface area contributed by atoms with Crippen molar-refractivity contribution in [3.8, 4) is 0 Å². The first-order chi connectivity index (χ1) is 7.99. The second-order valence-corrected chi connectivity index (χ2v) is 6.05. The Morgan fingerprint density at radius 3 is 2.82 bits per heavy atom. The fraction of sp³-hybridized carbons (Fsp3) is 0.417. The van der Waals surface area contributed by atoms with E-state index in [-0.39, 0.29) is 5.91 Å². The van der Waals surface area contributed by atoms with Crippen molar-refractivity contribution in [3.63, 3.8) is 0 Å². The first kappa shape index (κ1) is 14.4. The molecular formula is C12H17BrN2OS. The molecule has 0 aromatic heterocycles. The van der Waals surface area contributed by atoms with E-state index in [9.17, 15) is 4.79 Å². The molecule has 1 amide bonds. The van der Waals surface area contributed by atoms with Crippen molar-refractivity contribution in [3.05, 3.63) is 22.7 Å². The number of amides is 1. The lowest BCUT2D eigenvalue weighted by molar-refractivity contribution is -0.118. The van der Waals surface area contributed by atoms with Crippen LogP contribution in [0.25, 0.3) is 0 Å². The molecule has 1 rings (SSSR count). The number of nitrogens with one attached hydrogen (secondary N) is 1. The van der Waals surface area contributed by atoms with Crippen molar-refractivity contribution in [2.75, 3.05) is 18.0 Å². The largest absolute Gasteiger partial charge is 0.399 e. The minimum Gasteiger partial charge on any atom is -0.399 e.